The van der Waals surface area contributed by atoms with Crippen LogP contribution in [0.1, 0.15) is 21.6 Å². The van der Waals surface area contributed by atoms with Crippen molar-refractivity contribution in [1.29, 1.82) is 0 Å². The molecule has 0 atom stereocenters. The number of nitrogens with zero attached hydrogens (tertiary/aromatic N) is 3. The van der Waals surface area contributed by atoms with Gasteiger partial charge in [0.05, 0.1) is 33.5 Å². The summed E-state index contributed by atoms with van der Waals surface area (Å²) in [4.78, 5) is 23.1. The minimum Gasteiger partial charge on any atom is -0.323 e. The zero-order valence-corrected chi connectivity index (χ0v) is 14.8. The first kappa shape index (κ1) is 16.7. The van der Waals surface area contributed by atoms with Crippen LogP contribution in [-0.4, -0.2) is 34.8 Å². The number of anilines is 1. The number of guanidine groups is 1. The van der Waals surface area contributed by atoms with Gasteiger partial charge in [0.25, 0.3) is 5.91 Å². The summed E-state index contributed by atoms with van der Waals surface area (Å²) < 4.78 is 0. The smallest absolute Gasteiger partial charge is 0.262 e. The molecule has 0 bridgehead atoms. The van der Waals surface area contributed by atoms with Crippen molar-refractivity contribution in [3.05, 3.63) is 57.3 Å². The van der Waals surface area contributed by atoms with Gasteiger partial charge in [-0.3, -0.25) is 19.7 Å². The first-order valence-electron chi connectivity index (χ1n) is 7.48. The SMILES string of the molecule is Cc1ccnc(C)c1C(=O)N1CCN=C1Nc1c(Cl)cccc1Cl. The number of para-hydroxylation sites is 1. The van der Waals surface area contributed by atoms with Crippen molar-refractivity contribution in [2.45, 2.75) is 13.8 Å². The lowest BCUT2D eigenvalue weighted by atomic mass is 10.1. The predicted octanol–water partition coefficient (Wildman–Crippen LogP) is 3.93. The highest BCUT2D eigenvalue weighted by Gasteiger charge is 2.28. The highest BCUT2D eigenvalue weighted by Crippen LogP contribution is 2.30. The molecule has 0 unspecified atom stereocenters. The molecule has 24 heavy (non-hydrogen) atoms. The van der Waals surface area contributed by atoms with Gasteiger partial charge >= 0.3 is 0 Å². The van der Waals surface area contributed by atoms with Crippen LogP contribution in [0.25, 0.3) is 0 Å². The van der Waals surface area contributed by atoms with Gasteiger partial charge in [0, 0.05) is 12.7 Å². The van der Waals surface area contributed by atoms with E-state index in [2.05, 4.69) is 15.3 Å². The van der Waals surface area contributed by atoms with E-state index in [0.717, 1.165) is 5.56 Å². The van der Waals surface area contributed by atoms with Gasteiger partial charge in [-0.05, 0) is 37.6 Å². The number of aryl methyl sites for hydroxylation is 2. The van der Waals surface area contributed by atoms with Crippen molar-refractivity contribution in [1.82, 2.24) is 9.88 Å². The quantitative estimate of drug-likeness (QED) is 0.880. The maximum absolute atomic E-state index is 13.0. The van der Waals surface area contributed by atoms with Gasteiger partial charge in [-0.2, -0.15) is 0 Å². The Hall–Kier alpha value is -2.11. The van der Waals surface area contributed by atoms with E-state index in [-0.39, 0.29) is 5.91 Å². The molecule has 2 heterocycles. The van der Waals surface area contributed by atoms with Crippen molar-refractivity contribution in [2.75, 3.05) is 18.4 Å². The van der Waals surface area contributed by atoms with Crippen LogP contribution in [-0.2, 0) is 0 Å². The number of carbonyl (C=O) groups excluding carboxylic acids is 1. The van der Waals surface area contributed by atoms with Crippen molar-refractivity contribution >= 4 is 40.8 Å². The largest absolute Gasteiger partial charge is 0.323 e. The summed E-state index contributed by atoms with van der Waals surface area (Å²) in [6.07, 6.45) is 1.70. The van der Waals surface area contributed by atoms with Crippen molar-refractivity contribution in [3.63, 3.8) is 0 Å². The monoisotopic (exact) mass is 362 g/mol. The molecule has 124 valence electrons. The fourth-order valence-corrected chi connectivity index (χ4v) is 3.13. The maximum Gasteiger partial charge on any atom is 0.262 e. The summed E-state index contributed by atoms with van der Waals surface area (Å²) in [7, 11) is 0. The average molecular weight is 363 g/mol. The fourth-order valence-electron chi connectivity index (χ4n) is 2.63. The van der Waals surface area contributed by atoms with Crippen LogP contribution in [0.5, 0.6) is 0 Å². The minimum absolute atomic E-state index is 0.134. The summed E-state index contributed by atoms with van der Waals surface area (Å²) in [5.41, 5.74) is 2.72. The van der Waals surface area contributed by atoms with E-state index in [1.807, 2.05) is 19.9 Å². The van der Waals surface area contributed by atoms with Gasteiger partial charge in [-0.25, -0.2) is 0 Å². The molecule has 0 aliphatic carbocycles. The van der Waals surface area contributed by atoms with Gasteiger partial charge in [-0.15, -0.1) is 0 Å². The standard InChI is InChI=1S/C17H16Cl2N4O/c1-10-6-7-20-11(2)14(10)16(24)23-9-8-21-17(23)22-15-12(18)4-3-5-13(15)19/h3-7H,8-9H2,1-2H3,(H,21,22). The molecular weight excluding hydrogens is 347 g/mol. The normalized spacial score (nSPS) is 13.8. The number of aromatic nitrogens is 1. The Balaban J connectivity index is 1.90. The minimum atomic E-state index is -0.134. The molecule has 7 heteroatoms. The summed E-state index contributed by atoms with van der Waals surface area (Å²) in [5, 5.41) is 4.03. The van der Waals surface area contributed by atoms with Gasteiger partial charge in [0.2, 0.25) is 5.96 Å². The number of hydrogen-bond acceptors (Lipinski definition) is 4. The second-order valence-electron chi connectivity index (χ2n) is 5.47. The summed E-state index contributed by atoms with van der Waals surface area (Å²) in [5.74, 6) is 0.308. The zero-order chi connectivity index (χ0) is 17.3. The number of amides is 1. The Morgan fingerprint density at radius 2 is 1.92 bits per heavy atom. The summed E-state index contributed by atoms with van der Waals surface area (Å²) in [6, 6.07) is 7.04. The molecule has 1 N–H and O–H groups in total. The number of pyridine rings is 1. The van der Waals surface area contributed by atoms with E-state index in [0.29, 0.717) is 46.0 Å². The van der Waals surface area contributed by atoms with Crippen LogP contribution in [0.3, 0.4) is 0 Å². The number of benzene rings is 1. The van der Waals surface area contributed by atoms with Crippen molar-refractivity contribution in [2.24, 2.45) is 4.99 Å². The van der Waals surface area contributed by atoms with Crippen LogP contribution in [0.15, 0.2) is 35.5 Å². The number of aliphatic imine (C=N–C) groups is 1. The molecule has 1 aromatic carbocycles. The Bertz CT molecular complexity index is 795. The van der Waals surface area contributed by atoms with Gasteiger partial charge in [0.15, 0.2) is 0 Å². The Kier molecular flexibility index (Phi) is 4.73. The molecule has 5 nitrogen and oxygen atoms in total. The Morgan fingerprint density at radius 3 is 2.58 bits per heavy atom. The first-order chi connectivity index (χ1) is 11.5. The molecular formula is C17H16Cl2N4O. The molecule has 1 aliphatic heterocycles. The molecule has 0 radical (unpaired) electrons. The Labute approximate surface area is 150 Å². The third kappa shape index (κ3) is 3.09. The number of carbonyl (C=O) groups is 1. The second kappa shape index (κ2) is 6.79. The number of rotatable bonds is 2. The molecule has 0 fully saturated rings. The van der Waals surface area contributed by atoms with E-state index < -0.39 is 0 Å². The van der Waals surface area contributed by atoms with Crippen molar-refractivity contribution in [3.8, 4) is 0 Å². The zero-order valence-electron chi connectivity index (χ0n) is 13.3. The lowest BCUT2D eigenvalue weighted by Crippen LogP contribution is -2.39. The highest BCUT2D eigenvalue weighted by molar-refractivity contribution is 6.40. The van der Waals surface area contributed by atoms with E-state index in [4.69, 9.17) is 23.2 Å². The third-order valence-corrected chi connectivity index (χ3v) is 4.48. The molecule has 0 spiro atoms. The lowest BCUT2D eigenvalue weighted by molar-refractivity contribution is 0.0856. The number of hydrogen-bond donors (Lipinski definition) is 1. The van der Waals surface area contributed by atoms with E-state index >= 15 is 0 Å². The lowest BCUT2D eigenvalue weighted by Gasteiger charge is -2.21. The molecule has 1 aliphatic rings. The summed E-state index contributed by atoms with van der Waals surface area (Å²) >= 11 is 12.4. The molecule has 1 amide bonds. The second-order valence-corrected chi connectivity index (χ2v) is 6.29. The molecule has 3 rings (SSSR count). The van der Waals surface area contributed by atoms with Gasteiger partial charge in [0.1, 0.15) is 0 Å². The number of halogens is 2. The molecule has 2 aromatic rings. The topological polar surface area (TPSA) is 57.6 Å². The van der Waals surface area contributed by atoms with Crippen LogP contribution < -0.4 is 5.32 Å². The van der Waals surface area contributed by atoms with Gasteiger partial charge in [-0.1, -0.05) is 29.3 Å². The maximum atomic E-state index is 13.0. The van der Waals surface area contributed by atoms with Crippen LogP contribution in [0, 0.1) is 13.8 Å². The highest BCUT2D eigenvalue weighted by atomic mass is 35.5. The van der Waals surface area contributed by atoms with Crippen molar-refractivity contribution < 1.29 is 4.79 Å². The number of nitrogens with one attached hydrogen (secondary N) is 1. The average Bonchev–Trinajstić information content (AvgIpc) is 2.99. The summed E-state index contributed by atoms with van der Waals surface area (Å²) in [6.45, 7) is 4.74. The van der Waals surface area contributed by atoms with Crippen LogP contribution >= 0.6 is 23.2 Å². The van der Waals surface area contributed by atoms with E-state index in [1.165, 1.54) is 0 Å². The molecule has 0 saturated carbocycles. The van der Waals surface area contributed by atoms with E-state index in [1.54, 1.807) is 29.3 Å². The van der Waals surface area contributed by atoms with Gasteiger partial charge < -0.3 is 5.32 Å². The first-order valence-corrected chi connectivity index (χ1v) is 8.24. The fraction of sp³-hybridized carbons (Fsp3) is 0.235. The Morgan fingerprint density at radius 1 is 1.21 bits per heavy atom. The van der Waals surface area contributed by atoms with Crippen LogP contribution in [0.4, 0.5) is 5.69 Å². The third-order valence-electron chi connectivity index (χ3n) is 3.85. The van der Waals surface area contributed by atoms with Crippen LogP contribution in [0.2, 0.25) is 10.0 Å². The predicted molar refractivity (Wildman–Crippen MR) is 97.1 cm³/mol. The molecule has 0 saturated heterocycles. The molecule has 1 aromatic heterocycles. The van der Waals surface area contributed by atoms with E-state index in [9.17, 15) is 4.79 Å².